The monoisotopic (exact) mass is 301 g/mol. The van der Waals surface area contributed by atoms with Crippen LogP contribution >= 0.6 is 0 Å². The highest BCUT2D eigenvalue weighted by molar-refractivity contribution is 5.79. The largest absolute Gasteiger partial charge is 0.472 e. The van der Waals surface area contributed by atoms with Crippen molar-refractivity contribution < 1.29 is 9.53 Å². The number of carbonyl (C=O) groups excluding carboxylic acids is 1. The zero-order valence-electron chi connectivity index (χ0n) is 13.1. The van der Waals surface area contributed by atoms with Crippen molar-refractivity contribution in [2.45, 2.75) is 45.1 Å². The number of ether oxygens (including phenoxy) is 1. The summed E-state index contributed by atoms with van der Waals surface area (Å²) in [6, 6.07) is 1.78. The Hall–Kier alpha value is -1.91. The van der Waals surface area contributed by atoms with E-state index in [4.69, 9.17) is 4.74 Å². The van der Waals surface area contributed by atoms with E-state index in [0.29, 0.717) is 18.2 Å². The molecule has 0 spiro atoms. The molecule has 0 saturated carbocycles. The van der Waals surface area contributed by atoms with Gasteiger partial charge in [0.1, 0.15) is 11.9 Å². The fourth-order valence-electron chi connectivity index (χ4n) is 3.18. The van der Waals surface area contributed by atoms with Crippen molar-refractivity contribution in [1.82, 2.24) is 14.9 Å². The van der Waals surface area contributed by atoms with Crippen molar-refractivity contribution >= 4 is 5.91 Å². The first kappa shape index (κ1) is 15.0. The molecule has 0 aromatic carbocycles. The molecule has 0 bridgehead atoms. The van der Waals surface area contributed by atoms with Crippen molar-refractivity contribution in [3.63, 3.8) is 0 Å². The summed E-state index contributed by atoms with van der Waals surface area (Å²) in [5.41, 5.74) is 0. The van der Waals surface area contributed by atoms with Crippen LogP contribution in [0.1, 0.15) is 37.9 Å². The maximum absolute atomic E-state index is 12.6. The van der Waals surface area contributed by atoms with E-state index in [1.165, 1.54) is 0 Å². The van der Waals surface area contributed by atoms with Gasteiger partial charge in [-0.3, -0.25) is 4.79 Å². The van der Waals surface area contributed by atoms with E-state index in [-0.39, 0.29) is 17.9 Å². The zero-order chi connectivity index (χ0) is 15.4. The van der Waals surface area contributed by atoms with Crippen LogP contribution in [0.2, 0.25) is 0 Å². The van der Waals surface area contributed by atoms with Crippen LogP contribution in [0.4, 0.5) is 0 Å². The second-order valence-corrected chi connectivity index (χ2v) is 6.09. The molecule has 5 heteroatoms. The minimum absolute atomic E-state index is 0.0335. The van der Waals surface area contributed by atoms with Gasteiger partial charge in [-0.2, -0.15) is 4.98 Å². The molecular formula is C17H23N3O2. The number of carbonyl (C=O) groups is 1. The van der Waals surface area contributed by atoms with Crippen LogP contribution in [0.25, 0.3) is 0 Å². The van der Waals surface area contributed by atoms with Crippen LogP contribution < -0.4 is 4.74 Å². The number of aromatic nitrogens is 2. The van der Waals surface area contributed by atoms with E-state index >= 15 is 0 Å². The van der Waals surface area contributed by atoms with Gasteiger partial charge in [-0.15, -0.1) is 0 Å². The molecule has 3 rings (SSSR count). The molecule has 1 aliphatic carbocycles. The van der Waals surface area contributed by atoms with Crippen LogP contribution in [-0.2, 0) is 4.79 Å². The third-order valence-corrected chi connectivity index (χ3v) is 4.35. The molecule has 118 valence electrons. The summed E-state index contributed by atoms with van der Waals surface area (Å²) in [5.74, 6) is 1.75. The highest BCUT2D eigenvalue weighted by Gasteiger charge is 2.29. The van der Waals surface area contributed by atoms with Gasteiger partial charge in [0.2, 0.25) is 11.8 Å². The van der Waals surface area contributed by atoms with E-state index in [1.54, 1.807) is 12.3 Å². The lowest BCUT2D eigenvalue weighted by molar-refractivity contribution is -0.138. The summed E-state index contributed by atoms with van der Waals surface area (Å²) in [4.78, 5) is 23.0. The molecular weight excluding hydrogens is 278 g/mol. The van der Waals surface area contributed by atoms with E-state index in [0.717, 1.165) is 38.6 Å². The molecule has 0 radical (unpaired) electrons. The van der Waals surface area contributed by atoms with Gasteiger partial charge >= 0.3 is 0 Å². The minimum Gasteiger partial charge on any atom is -0.472 e. The number of hydrogen-bond donors (Lipinski definition) is 0. The van der Waals surface area contributed by atoms with Gasteiger partial charge < -0.3 is 9.64 Å². The van der Waals surface area contributed by atoms with Gasteiger partial charge in [0.05, 0.1) is 6.54 Å². The van der Waals surface area contributed by atoms with E-state index in [1.807, 2.05) is 11.8 Å². The molecule has 2 unspecified atom stereocenters. The number of hydrogen-bond acceptors (Lipinski definition) is 4. The highest BCUT2D eigenvalue weighted by atomic mass is 16.5. The molecule has 1 aromatic rings. The Morgan fingerprint density at radius 2 is 2.27 bits per heavy atom. The maximum atomic E-state index is 12.6. The van der Waals surface area contributed by atoms with Gasteiger partial charge in [-0.1, -0.05) is 12.2 Å². The van der Waals surface area contributed by atoms with Crippen LogP contribution in [0.5, 0.6) is 5.88 Å². The third kappa shape index (κ3) is 3.64. The summed E-state index contributed by atoms with van der Waals surface area (Å²) < 4.78 is 5.94. The third-order valence-electron chi connectivity index (χ3n) is 4.35. The molecule has 22 heavy (non-hydrogen) atoms. The average Bonchev–Trinajstić information content (AvgIpc) is 2.55. The second-order valence-electron chi connectivity index (χ2n) is 6.09. The molecule has 1 amide bonds. The lowest BCUT2D eigenvalue weighted by Gasteiger charge is -2.35. The molecule has 0 N–H and O–H groups in total. The first-order valence-corrected chi connectivity index (χ1v) is 8.12. The van der Waals surface area contributed by atoms with Gasteiger partial charge in [0, 0.05) is 24.7 Å². The van der Waals surface area contributed by atoms with Gasteiger partial charge in [-0.05, 0) is 39.0 Å². The van der Waals surface area contributed by atoms with Crippen molar-refractivity contribution in [1.29, 1.82) is 0 Å². The Bertz CT molecular complexity index is 559. The quantitative estimate of drug-likeness (QED) is 0.805. The standard InChI is InChI=1S/C17H23N3O2/c1-13-18-10-9-16(19-13)22-15-8-5-11-20(12-15)17(21)14-6-3-2-4-7-14/h2-3,9-10,14-15H,4-8,11-12H2,1H3. The number of amides is 1. The number of piperidine rings is 1. The van der Waals surface area contributed by atoms with Crippen molar-refractivity contribution in [2.75, 3.05) is 13.1 Å². The fraction of sp³-hybridized carbons (Fsp3) is 0.588. The predicted molar refractivity (Wildman–Crippen MR) is 83.5 cm³/mol. The number of rotatable bonds is 3. The fourth-order valence-corrected chi connectivity index (χ4v) is 3.18. The minimum atomic E-state index is 0.0335. The Labute approximate surface area is 131 Å². The smallest absolute Gasteiger partial charge is 0.226 e. The summed E-state index contributed by atoms with van der Waals surface area (Å²) >= 11 is 0. The normalized spacial score (nSPS) is 25.0. The molecule has 1 fully saturated rings. The Morgan fingerprint density at radius 3 is 3.05 bits per heavy atom. The average molecular weight is 301 g/mol. The topological polar surface area (TPSA) is 55.3 Å². The van der Waals surface area contributed by atoms with Crippen molar-refractivity contribution in [3.8, 4) is 5.88 Å². The summed E-state index contributed by atoms with van der Waals surface area (Å²) in [5, 5.41) is 0. The van der Waals surface area contributed by atoms with Crippen molar-refractivity contribution in [2.24, 2.45) is 5.92 Å². The van der Waals surface area contributed by atoms with Crippen molar-refractivity contribution in [3.05, 3.63) is 30.2 Å². The lowest BCUT2D eigenvalue weighted by atomic mass is 9.92. The summed E-state index contributed by atoms with van der Waals surface area (Å²) in [6.45, 7) is 3.37. The highest BCUT2D eigenvalue weighted by Crippen LogP contribution is 2.23. The van der Waals surface area contributed by atoms with E-state index in [9.17, 15) is 4.79 Å². The number of aryl methyl sites for hydroxylation is 1. The summed E-state index contributed by atoms with van der Waals surface area (Å²) in [7, 11) is 0. The van der Waals surface area contributed by atoms with Crippen LogP contribution in [0.3, 0.4) is 0 Å². The van der Waals surface area contributed by atoms with Gasteiger partial charge in [0.15, 0.2) is 0 Å². The molecule has 1 aliphatic heterocycles. The second kappa shape index (κ2) is 6.90. The molecule has 2 atom stereocenters. The first-order valence-electron chi connectivity index (χ1n) is 8.12. The summed E-state index contributed by atoms with van der Waals surface area (Å²) in [6.07, 6.45) is 10.9. The van der Waals surface area contributed by atoms with Gasteiger partial charge in [-0.25, -0.2) is 4.98 Å². The number of nitrogens with zero attached hydrogens (tertiary/aromatic N) is 3. The number of likely N-dealkylation sites (tertiary alicyclic amines) is 1. The van der Waals surface area contributed by atoms with Crippen LogP contribution in [0.15, 0.2) is 24.4 Å². The van der Waals surface area contributed by atoms with Crippen LogP contribution in [-0.4, -0.2) is 40.0 Å². The predicted octanol–water partition coefficient (Wildman–Crippen LogP) is 2.51. The van der Waals surface area contributed by atoms with E-state index < -0.39 is 0 Å². The van der Waals surface area contributed by atoms with Crippen LogP contribution in [0, 0.1) is 12.8 Å². The molecule has 1 aromatic heterocycles. The molecule has 5 nitrogen and oxygen atoms in total. The Balaban J connectivity index is 1.59. The maximum Gasteiger partial charge on any atom is 0.226 e. The lowest BCUT2D eigenvalue weighted by Crippen LogP contribution is -2.46. The van der Waals surface area contributed by atoms with Gasteiger partial charge in [0.25, 0.3) is 0 Å². The molecule has 1 saturated heterocycles. The Kier molecular flexibility index (Phi) is 4.71. The Morgan fingerprint density at radius 1 is 1.36 bits per heavy atom. The SMILES string of the molecule is Cc1nccc(OC2CCCN(C(=O)C3CC=CCC3)C2)n1. The molecule has 2 heterocycles. The molecule has 2 aliphatic rings. The first-order chi connectivity index (χ1) is 10.7. The number of allylic oxidation sites excluding steroid dienone is 2. The zero-order valence-corrected chi connectivity index (χ0v) is 13.1. The van der Waals surface area contributed by atoms with E-state index in [2.05, 4.69) is 22.1 Å².